The van der Waals surface area contributed by atoms with Crippen molar-refractivity contribution in [3.05, 3.63) is 18.1 Å². The normalized spacial score (nSPS) is 12.5. The van der Waals surface area contributed by atoms with Crippen molar-refractivity contribution in [2.24, 2.45) is 5.92 Å². The molecule has 0 aliphatic heterocycles. The van der Waals surface area contributed by atoms with Crippen LogP contribution in [0.5, 0.6) is 0 Å². The molecule has 2 N–H and O–H groups in total. The molecule has 13 heavy (non-hydrogen) atoms. The predicted octanol–water partition coefficient (Wildman–Crippen LogP) is 0.825. The number of nitrogens with one attached hydrogen (secondary N) is 1. The third-order valence-electron chi connectivity index (χ3n) is 1.75. The Morgan fingerprint density at radius 3 is 2.92 bits per heavy atom. The average molecular weight is 181 g/mol. The van der Waals surface area contributed by atoms with E-state index in [2.05, 4.69) is 15.3 Å². The topological polar surface area (TPSA) is 58.0 Å². The van der Waals surface area contributed by atoms with E-state index in [-0.39, 0.29) is 12.5 Å². The summed E-state index contributed by atoms with van der Waals surface area (Å²) in [6, 6.07) is 1.88. The zero-order valence-electron chi connectivity index (χ0n) is 7.99. The Labute approximate surface area is 78.0 Å². The summed E-state index contributed by atoms with van der Waals surface area (Å²) in [6.07, 6.45) is 1.53. The van der Waals surface area contributed by atoms with Gasteiger partial charge in [-0.25, -0.2) is 9.97 Å². The van der Waals surface area contributed by atoms with Crippen LogP contribution in [0.2, 0.25) is 0 Å². The third kappa shape index (κ3) is 3.38. The minimum Gasteiger partial charge on any atom is -0.396 e. The predicted molar refractivity (Wildman–Crippen MR) is 51.5 cm³/mol. The van der Waals surface area contributed by atoms with Gasteiger partial charge < -0.3 is 10.4 Å². The number of aliphatic hydroxyl groups excluding tert-OH is 1. The SMILES string of the molecule is Cc1cc(NCC(C)CO)ncn1. The quantitative estimate of drug-likeness (QED) is 0.722. The summed E-state index contributed by atoms with van der Waals surface area (Å²) in [4.78, 5) is 8.03. The van der Waals surface area contributed by atoms with Crippen molar-refractivity contribution in [3.8, 4) is 0 Å². The third-order valence-corrected chi connectivity index (χ3v) is 1.75. The molecule has 72 valence electrons. The lowest BCUT2D eigenvalue weighted by Gasteiger charge is -2.09. The highest BCUT2D eigenvalue weighted by atomic mass is 16.3. The van der Waals surface area contributed by atoms with Crippen molar-refractivity contribution in [1.82, 2.24) is 9.97 Å². The second-order valence-electron chi connectivity index (χ2n) is 3.21. The van der Waals surface area contributed by atoms with Crippen molar-refractivity contribution in [2.75, 3.05) is 18.5 Å². The van der Waals surface area contributed by atoms with Crippen LogP contribution in [0, 0.1) is 12.8 Å². The highest BCUT2D eigenvalue weighted by Gasteiger charge is 2.00. The van der Waals surface area contributed by atoms with Crippen LogP contribution < -0.4 is 5.32 Å². The number of hydrogen-bond acceptors (Lipinski definition) is 4. The average Bonchev–Trinajstić information content (AvgIpc) is 2.14. The summed E-state index contributed by atoms with van der Waals surface area (Å²) < 4.78 is 0. The summed E-state index contributed by atoms with van der Waals surface area (Å²) in [6.45, 7) is 4.81. The first-order valence-corrected chi connectivity index (χ1v) is 4.35. The van der Waals surface area contributed by atoms with E-state index in [1.54, 1.807) is 0 Å². The van der Waals surface area contributed by atoms with Crippen LogP contribution >= 0.6 is 0 Å². The molecule has 0 spiro atoms. The largest absolute Gasteiger partial charge is 0.396 e. The van der Waals surface area contributed by atoms with Gasteiger partial charge in [0.15, 0.2) is 0 Å². The Morgan fingerprint density at radius 2 is 2.31 bits per heavy atom. The van der Waals surface area contributed by atoms with E-state index in [1.807, 2.05) is 19.9 Å². The van der Waals surface area contributed by atoms with Gasteiger partial charge in [-0.3, -0.25) is 0 Å². The minimum atomic E-state index is 0.192. The van der Waals surface area contributed by atoms with Crippen LogP contribution in [-0.2, 0) is 0 Å². The minimum absolute atomic E-state index is 0.192. The summed E-state index contributed by atoms with van der Waals surface area (Å²) in [5.41, 5.74) is 0.939. The molecule has 1 rings (SSSR count). The van der Waals surface area contributed by atoms with Crippen molar-refractivity contribution in [2.45, 2.75) is 13.8 Å². The molecule has 0 aliphatic rings. The molecule has 0 radical (unpaired) electrons. The molecule has 1 unspecified atom stereocenters. The molecular weight excluding hydrogens is 166 g/mol. The van der Waals surface area contributed by atoms with E-state index in [0.29, 0.717) is 0 Å². The van der Waals surface area contributed by atoms with Gasteiger partial charge in [-0.05, 0) is 12.8 Å². The van der Waals surface area contributed by atoms with Crippen LogP contribution in [0.3, 0.4) is 0 Å². The molecule has 1 heterocycles. The fraction of sp³-hybridized carbons (Fsp3) is 0.556. The van der Waals surface area contributed by atoms with Crippen LogP contribution in [0.15, 0.2) is 12.4 Å². The van der Waals surface area contributed by atoms with Gasteiger partial charge in [-0.15, -0.1) is 0 Å². The molecule has 4 heteroatoms. The maximum Gasteiger partial charge on any atom is 0.129 e. The number of nitrogens with zero attached hydrogens (tertiary/aromatic N) is 2. The fourth-order valence-electron chi connectivity index (χ4n) is 0.895. The molecule has 0 saturated carbocycles. The molecular formula is C9H15N3O. The van der Waals surface area contributed by atoms with Gasteiger partial charge in [0.1, 0.15) is 12.1 Å². The zero-order chi connectivity index (χ0) is 9.68. The molecule has 1 aromatic heterocycles. The molecule has 0 aromatic carbocycles. The Morgan fingerprint density at radius 1 is 1.54 bits per heavy atom. The molecule has 1 aromatic rings. The monoisotopic (exact) mass is 181 g/mol. The van der Waals surface area contributed by atoms with Gasteiger partial charge in [0, 0.05) is 24.9 Å². The van der Waals surface area contributed by atoms with E-state index in [4.69, 9.17) is 5.11 Å². The molecule has 0 bridgehead atoms. The van der Waals surface area contributed by atoms with Crippen molar-refractivity contribution in [1.29, 1.82) is 0 Å². The van der Waals surface area contributed by atoms with E-state index in [0.717, 1.165) is 18.1 Å². The fourth-order valence-corrected chi connectivity index (χ4v) is 0.895. The molecule has 0 saturated heterocycles. The number of aliphatic hydroxyl groups is 1. The number of aromatic nitrogens is 2. The zero-order valence-corrected chi connectivity index (χ0v) is 7.99. The maximum atomic E-state index is 8.79. The highest BCUT2D eigenvalue weighted by molar-refractivity contribution is 5.34. The lowest BCUT2D eigenvalue weighted by atomic mass is 10.2. The molecule has 0 amide bonds. The Hall–Kier alpha value is -1.16. The Balaban J connectivity index is 2.45. The summed E-state index contributed by atoms with van der Waals surface area (Å²) in [7, 11) is 0. The van der Waals surface area contributed by atoms with Crippen molar-refractivity contribution in [3.63, 3.8) is 0 Å². The van der Waals surface area contributed by atoms with Gasteiger partial charge in [0.2, 0.25) is 0 Å². The summed E-state index contributed by atoms with van der Waals surface area (Å²) in [5, 5.41) is 11.9. The Kier molecular flexibility index (Phi) is 3.64. The van der Waals surface area contributed by atoms with Crippen LogP contribution in [-0.4, -0.2) is 28.2 Å². The van der Waals surface area contributed by atoms with E-state index < -0.39 is 0 Å². The number of anilines is 1. The van der Waals surface area contributed by atoms with Crippen LogP contribution in [0.1, 0.15) is 12.6 Å². The number of rotatable bonds is 4. The first-order valence-electron chi connectivity index (χ1n) is 4.35. The standard InChI is InChI=1S/C9H15N3O/c1-7(5-13)4-10-9-3-8(2)11-6-12-9/h3,6-7,13H,4-5H2,1-2H3,(H,10,11,12). The maximum absolute atomic E-state index is 8.79. The lowest BCUT2D eigenvalue weighted by Crippen LogP contribution is -2.15. The smallest absolute Gasteiger partial charge is 0.129 e. The second-order valence-corrected chi connectivity index (χ2v) is 3.21. The van der Waals surface area contributed by atoms with Gasteiger partial charge in [-0.2, -0.15) is 0 Å². The molecule has 1 atom stereocenters. The van der Waals surface area contributed by atoms with Gasteiger partial charge in [0.05, 0.1) is 0 Å². The van der Waals surface area contributed by atoms with E-state index >= 15 is 0 Å². The highest BCUT2D eigenvalue weighted by Crippen LogP contribution is 2.03. The lowest BCUT2D eigenvalue weighted by molar-refractivity contribution is 0.244. The van der Waals surface area contributed by atoms with Crippen LogP contribution in [0.25, 0.3) is 0 Å². The van der Waals surface area contributed by atoms with Gasteiger partial charge in [0.25, 0.3) is 0 Å². The summed E-state index contributed by atoms with van der Waals surface area (Å²) >= 11 is 0. The van der Waals surface area contributed by atoms with Crippen molar-refractivity contribution < 1.29 is 5.11 Å². The summed E-state index contributed by atoms with van der Waals surface area (Å²) in [5.74, 6) is 1.06. The number of aryl methyl sites for hydroxylation is 1. The molecule has 0 aliphatic carbocycles. The number of hydrogen-bond donors (Lipinski definition) is 2. The Bertz CT molecular complexity index is 265. The first-order chi connectivity index (χ1) is 6.22. The van der Waals surface area contributed by atoms with Crippen LogP contribution in [0.4, 0.5) is 5.82 Å². The van der Waals surface area contributed by atoms with Gasteiger partial charge in [-0.1, -0.05) is 6.92 Å². The van der Waals surface area contributed by atoms with Gasteiger partial charge >= 0.3 is 0 Å². The first kappa shape index (κ1) is 9.92. The second kappa shape index (κ2) is 4.77. The van der Waals surface area contributed by atoms with E-state index in [9.17, 15) is 0 Å². The van der Waals surface area contributed by atoms with Crippen molar-refractivity contribution >= 4 is 5.82 Å². The molecule has 4 nitrogen and oxygen atoms in total. The van der Waals surface area contributed by atoms with E-state index in [1.165, 1.54) is 6.33 Å². The molecule has 0 fully saturated rings.